The Morgan fingerprint density at radius 3 is 1.85 bits per heavy atom. The number of hydrogen-bond acceptors (Lipinski definition) is 4. The first-order chi connectivity index (χ1) is 5.84. The summed E-state index contributed by atoms with van der Waals surface area (Å²) in [6.45, 7) is 2.25. The highest BCUT2D eigenvalue weighted by Gasteiger charge is 2.45. The summed E-state index contributed by atoms with van der Waals surface area (Å²) < 4.78 is 4.27. The Morgan fingerprint density at radius 2 is 1.62 bits per heavy atom. The molecule has 0 unspecified atom stereocenters. The third-order valence-corrected chi connectivity index (χ3v) is 1.42. The van der Waals surface area contributed by atoms with Crippen molar-refractivity contribution in [2.24, 2.45) is 0 Å². The smallest absolute Gasteiger partial charge is 0.359 e. The van der Waals surface area contributed by atoms with Gasteiger partial charge in [-0.2, -0.15) is 0 Å². The molecule has 0 aromatic heterocycles. The van der Waals surface area contributed by atoms with Gasteiger partial charge in [-0.3, -0.25) is 4.79 Å². The predicted octanol–water partition coefficient (Wildman–Crippen LogP) is -0.132. The molecule has 13 heavy (non-hydrogen) atoms. The topological polar surface area (TPSA) is 101 Å². The highest BCUT2D eigenvalue weighted by atomic mass is 16.6. The van der Waals surface area contributed by atoms with Crippen molar-refractivity contribution >= 4 is 17.9 Å². The van der Waals surface area contributed by atoms with Gasteiger partial charge in [-0.25, -0.2) is 9.59 Å². The molecule has 0 saturated carbocycles. The maximum Gasteiger partial charge on any atom is 0.359 e. The average molecular weight is 190 g/mol. The van der Waals surface area contributed by atoms with Crippen LogP contribution in [0.4, 0.5) is 0 Å². The van der Waals surface area contributed by atoms with Crippen molar-refractivity contribution in [2.75, 3.05) is 0 Å². The van der Waals surface area contributed by atoms with Crippen molar-refractivity contribution in [1.82, 2.24) is 0 Å². The molecule has 2 N–H and O–H groups in total. The Kier molecular flexibility index (Phi) is 3.41. The molecule has 0 aromatic rings. The minimum absolute atomic E-state index is 0.0733. The number of carbonyl (C=O) groups excluding carboxylic acids is 1. The van der Waals surface area contributed by atoms with Crippen LogP contribution in [0.3, 0.4) is 0 Å². The lowest BCUT2D eigenvalue weighted by molar-refractivity contribution is -0.188. The summed E-state index contributed by atoms with van der Waals surface area (Å²) in [7, 11) is 0. The molecule has 0 fully saturated rings. The van der Waals surface area contributed by atoms with Gasteiger partial charge >= 0.3 is 23.5 Å². The van der Waals surface area contributed by atoms with Crippen molar-refractivity contribution in [2.45, 2.75) is 25.9 Å². The number of carboxylic acid groups (broad SMARTS) is 2. The summed E-state index contributed by atoms with van der Waals surface area (Å²) in [5.74, 6) is -4.28. The van der Waals surface area contributed by atoms with E-state index in [0.717, 1.165) is 6.92 Å². The molecule has 0 amide bonds. The SMILES string of the molecule is CCC(=O)OC(C)(C(=O)O)C(=O)O. The van der Waals surface area contributed by atoms with Gasteiger partial charge in [-0.15, -0.1) is 0 Å². The van der Waals surface area contributed by atoms with Crippen LogP contribution in [0.25, 0.3) is 0 Å². The van der Waals surface area contributed by atoms with E-state index >= 15 is 0 Å². The van der Waals surface area contributed by atoms with E-state index in [9.17, 15) is 14.4 Å². The van der Waals surface area contributed by atoms with E-state index < -0.39 is 23.5 Å². The summed E-state index contributed by atoms with van der Waals surface area (Å²) in [5, 5.41) is 17.0. The van der Waals surface area contributed by atoms with E-state index in [4.69, 9.17) is 10.2 Å². The number of ether oxygens (including phenoxy) is 1. The van der Waals surface area contributed by atoms with E-state index in [1.165, 1.54) is 6.92 Å². The molecule has 0 atom stereocenters. The van der Waals surface area contributed by atoms with Crippen molar-refractivity contribution in [3.05, 3.63) is 0 Å². The molecule has 0 rings (SSSR count). The molecule has 74 valence electrons. The molecule has 0 aliphatic heterocycles. The standard InChI is InChI=1S/C7H10O6/c1-3-4(8)13-7(2,5(9)10)6(11)12/h3H2,1-2H3,(H,9,10)(H,11,12). The number of aliphatic carboxylic acids is 2. The first-order valence-corrected chi connectivity index (χ1v) is 3.53. The number of esters is 1. The lowest BCUT2D eigenvalue weighted by Gasteiger charge is -2.19. The largest absolute Gasteiger partial charge is 0.478 e. The van der Waals surface area contributed by atoms with Crippen LogP contribution in [-0.2, 0) is 19.1 Å². The van der Waals surface area contributed by atoms with Gasteiger partial charge in [-0.1, -0.05) is 6.92 Å². The molecular formula is C7H10O6. The van der Waals surface area contributed by atoms with Crippen molar-refractivity contribution < 1.29 is 29.3 Å². The molecule has 0 radical (unpaired) electrons. The fraction of sp³-hybridized carbons (Fsp3) is 0.571. The minimum atomic E-state index is -2.49. The number of rotatable bonds is 4. The molecular weight excluding hydrogens is 180 g/mol. The van der Waals surface area contributed by atoms with Crippen molar-refractivity contribution in [3.63, 3.8) is 0 Å². The van der Waals surface area contributed by atoms with E-state index in [1.54, 1.807) is 0 Å². The number of hydrogen-bond donors (Lipinski definition) is 2. The normalized spacial score (nSPS) is 10.6. The monoisotopic (exact) mass is 190 g/mol. The number of carbonyl (C=O) groups is 3. The maximum atomic E-state index is 10.7. The fourth-order valence-electron chi connectivity index (χ4n) is 0.479. The Hall–Kier alpha value is -1.59. The van der Waals surface area contributed by atoms with Crippen LogP contribution in [0, 0.1) is 0 Å². The third kappa shape index (κ3) is 2.43. The lowest BCUT2D eigenvalue weighted by atomic mass is 10.1. The Bertz CT molecular complexity index is 229. The Morgan fingerprint density at radius 1 is 1.23 bits per heavy atom. The van der Waals surface area contributed by atoms with Crippen LogP contribution < -0.4 is 0 Å². The lowest BCUT2D eigenvalue weighted by Crippen LogP contribution is -2.47. The average Bonchev–Trinajstić information content (AvgIpc) is 2.03. The summed E-state index contributed by atoms with van der Waals surface area (Å²) in [6.07, 6.45) is -0.0733. The minimum Gasteiger partial charge on any atom is -0.478 e. The zero-order valence-corrected chi connectivity index (χ0v) is 7.23. The van der Waals surface area contributed by atoms with E-state index in [0.29, 0.717) is 0 Å². The zero-order valence-electron chi connectivity index (χ0n) is 7.23. The molecule has 0 bridgehead atoms. The zero-order chi connectivity index (χ0) is 10.6. The van der Waals surface area contributed by atoms with Gasteiger partial charge < -0.3 is 14.9 Å². The second kappa shape index (κ2) is 3.88. The van der Waals surface area contributed by atoms with Crippen molar-refractivity contribution in [1.29, 1.82) is 0 Å². The molecule has 0 aromatic carbocycles. The van der Waals surface area contributed by atoms with Gasteiger partial charge in [0, 0.05) is 6.42 Å². The third-order valence-electron chi connectivity index (χ3n) is 1.42. The quantitative estimate of drug-likeness (QED) is 0.473. The first kappa shape index (κ1) is 11.4. The summed E-state index contributed by atoms with van der Waals surface area (Å²) in [5.41, 5.74) is -2.49. The maximum absolute atomic E-state index is 10.7. The van der Waals surface area contributed by atoms with Gasteiger partial charge in [0.2, 0.25) is 0 Å². The molecule has 0 aliphatic rings. The second-order valence-electron chi connectivity index (χ2n) is 2.47. The van der Waals surface area contributed by atoms with Crippen LogP contribution >= 0.6 is 0 Å². The predicted molar refractivity (Wildman–Crippen MR) is 40.1 cm³/mol. The highest BCUT2D eigenvalue weighted by molar-refractivity contribution is 6.03. The first-order valence-electron chi connectivity index (χ1n) is 3.53. The van der Waals surface area contributed by atoms with Crippen molar-refractivity contribution in [3.8, 4) is 0 Å². The van der Waals surface area contributed by atoms with E-state index in [1.807, 2.05) is 0 Å². The molecule has 6 heteroatoms. The highest BCUT2D eigenvalue weighted by Crippen LogP contribution is 2.12. The fourth-order valence-corrected chi connectivity index (χ4v) is 0.479. The van der Waals surface area contributed by atoms with Crippen LogP contribution in [0.5, 0.6) is 0 Å². The van der Waals surface area contributed by atoms with Gasteiger partial charge in [0.15, 0.2) is 0 Å². The summed E-state index contributed by atoms with van der Waals surface area (Å²) >= 11 is 0. The Balaban J connectivity index is 4.72. The molecule has 0 saturated heterocycles. The van der Waals surface area contributed by atoms with Gasteiger partial charge in [0.1, 0.15) is 0 Å². The van der Waals surface area contributed by atoms with E-state index in [-0.39, 0.29) is 6.42 Å². The summed E-state index contributed by atoms with van der Waals surface area (Å²) in [6, 6.07) is 0. The second-order valence-corrected chi connectivity index (χ2v) is 2.47. The van der Waals surface area contributed by atoms with Gasteiger partial charge in [0.05, 0.1) is 0 Å². The molecule has 0 spiro atoms. The van der Waals surface area contributed by atoms with Gasteiger partial charge in [-0.05, 0) is 6.92 Å². The Labute approximate surface area is 74.1 Å². The molecule has 0 heterocycles. The summed E-state index contributed by atoms with van der Waals surface area (Å²) in [4.78, 5) is 31.6. The van der Waals surface area contributed by atoms with Crippen LogP contribution in [0.1, 0.15) is 20.3 Å². The molecule has 0 aliphatic carbocycles. The molecule has 6 nitrogen and oxygen atoms in total. The number of carboxylic acids is 2. The van der Waals surface area contributed by atoms with E-state index in [2.05, 4.69) is 4.74 Å². The van der Waals surface area contributed by atoms with Crippen LogP contribution in [-0.4, -0.2) is 33.7 Å². The van der Waals surface area contributed by atoms with Gasteiger partial charge in [0.25, 0.3) is 0 Å². The van der Waals surface area contributed by atoms with Crippen LogP contribution in [0.2, 0.25) is 0 Å². The van der Waals surface area contributed by atoms with Crippen LogP contribution in [0.15, 0.2) is 0 Å².